The van der Waals surface area contributed by atoms with E-state index in [0.717, 1.165) is 11.1 Å². The van der Waals surface area contributed by atoms with Gasteiger partial charge in [0, 0.05) is 42.3 Å². The van der Waals surface area contributed by atoms with Gasteiger partial charge in [-0.1, -0.05) is 53.5 Å². The number of amidine groups is 1. The van der Waals surface area contributed by atoms with Crippen LogP contribution in [0.25, 0.3) is 0 Å². The highest BCUT2D eigenvalue weighted by molar-refractivity contribution is 7.91. The molecule has 3 aliphatic rings. The summed E-state index contributed by atoms with van der Waals surface area (Å²) in [6.07, 6.45) is 1.24. The van der Waals surface area contributed by atoms with E-state index in [4.69, 9.17) is 32.9 Å². The minimum atomic E-state index is -2.97. The summed E-state index contributed by atoms with van der Waals surface area (Å²) in [7, 11) is -2.97. The topological polar surface area (TPSA) is 103 Å². The average molecular weight is 742 g/mol. The van der Waals surface area contributed by atoms with Gasteiger partial charge in [-0.25, -0.2) is 13.2 Å². The van der Waals surface area contributed by atoms with Gasteiger partial charge in [0.15, 0.2) is 0 Å². The van der Waals surface area contributed by atoms with Crippen LogP contribution >= 0.6 is 23.2 Å². The number of rotatable bonds is 7. The van der Waals surface area contributed by atoms with Crippen molar-refractivity contribution in [3.8, 4) is 5.75 Å². The maximum absolute atomic E-state index is 15.2. The van der Waals surface area contributed by atoms with Gasteiger partial charge in [-0.15, -0.1) is 0 Å². The predicted octanol–water partition coefficient (Wildman–Crippen LogP) is 6.83. The summed E-state index contributed by atoms with van der Waals surface area (Å²) in [5.41, 5.74) is -0.137. The van der Waals surface area contributed by atoms with Gasteiger partial charge in [-0.05, 0) is 101 Å². The Morgan fingerprint density at radius 1 is 0.920 bits per heavy atom. The smallest absolute Gasteiger partial charge is 0.326 e. The molecule has 3 aromatic rings. The molecule has 6 rings (SSSR count). The number of nitrogens with zero attached hydrogens (tertiary/aromatic N) is 4. The van der Waals surface area contributed by atoms with Crippen LogP contribution < -0.4 is 4.74 Å². The predicted molar refractivity (Wildman–Crippen MR) is 199 cm³/mol. The molecule has 3 heterocycles. The number of urea groups is 1. The van der Waals surface area contributed by atoms with E-state index in [1.165, 1.54) is 0 Å². The second-order valence-electron chi connectivity index (χ2n) is 14.3. The molecule has 2 atom stereocenters. The van der Waals surface area contributed by atoms with Crippen molar-refractivity contribution in [1.82, 2.24) is 14.7 Å². The lowest BCUT2D eigenvalue weighted by molar-refractivity contribution is 0.0719. The molecular weight excluding hydrogens is 695 g/mol. The second kappa shape index (κ2) is 13.8. The monoisotopic (exact) mass is 740 g/mol. The zero-order valence-electron chi connectivity index (χ0n) is 29.3. The highest BCUT2D eigenvalue weighted by Gasteiger charge is 2.60. The molecule has 2 amide bonds. The maximum atomic E-state index is 15.2. The molecule has 0 aliphatic carbocycles. The SMILES string of the molecule is CCOc1cc(C(C)(C)O)ccc1C1=N[C@@](C)(c2ccc(Cl)cc2)[C@@](C)(c2ccc(Cl)cc2)N1C(=O)N1CCN(C2CCS(=O)(=O)CC2)CC1. The fourth-order valence-electron chi connectivity index (χ4n) is 7.59. The number of carbonyl (C=O) groups is 1. The first-order valence-electron chi connectivity index (χ1n) is 17.2. The van der Waals surface area contributed by atoms with Crippen LogP contribution in [-0.2, 0) is 26.5 Å². The van der Waals surface area contributed by atoms with Gasteiger partial charge in [0.05, 0.1) is 29.3 Å². The summed E-state index contributed by atoms with van der Waals surface area (Å²) in [5, 5.41) is 12.1. The van der Waals surface area contributed by atoms with Gasteiger partial charge in [-0.3, -0.25) is 14.8 Å². The van der Waals surface area contributed by atoms with Crippen molar-refractivity contribution in [3.63, 3.8) is 0 Å². The first kappa shape index (κ1) is 36.6. The number of aliphatic imine (C=N–C) groups is 1. The van der Waals surface area contributed by atoms with Crippen LogP contribution in [0.3, 0.4) is 0 Å². The fourth-order valence-corrected chi connectivity index (χ4v) is 9.31. The van der Waals surface area contributed by atoms with E-state index in [1.54, 1.807) is 13.8 Å². The van der Waals surface area contributed by atoms with Gasteiger partial charge in [0.1, 0.15) is 32.5 Å². The number of hydrogen-bond donors (Lipinski definition) is 1. The Kier molecular flexibility index (Phi) is 10.1. The molecular formula is C38H46Cl2N4O5S. The molecule has 0 unspecified atom stereocenters. The number of carbonyl (C=O) groups excluding carboxylic acids is 1. The summed E-state index contributed by atoms with van der Waals surface area (Å²) < 4.78 is 30.4. The third kappa shape index (κ3) is 6.77. The molecule has 0 bridgehead atoms. The molecule has 1 N–H and O–H groups in total. The van der Waals surface area contributed by atoms with Gasteiger partial charge >= 0.3 is 6.03 Å². The summed E-state index contributed by atoms with van der Waals surface area (Å²) in [6, 6.07) is 20.7. The molecule has 0 saturated carbocycles. The van der Waals surface area contributed by atoms with E-state index in [2.05, 4.69) is 4.90 Å². The molecule has 3 aliphatic heterocycles. The van der Waals surface area contributed by atoms with Crippen molar-refractivity contribution in [3.05, 3.63) is 99.0 Å². The van der Waals surface area contributed by atoms with Crippen molar-refractivity contribution < 1.29 is 23.1 Å². The van der Waals surface area contributed by atoms with E-state index >= 15 is 4.79 Å². The minimum absolute atomic E-state index is 0.190. The summed E-state index contributed by atoms with van der Waals surface area (Å²) >= 11 is 12.8. The Bertz CT molecular complexity index is 1860. The van der Waals surface area contributed by atoms with Crippen molar-refractivity contribution >= 4 is 44.9 Å². The lowest BCUT2D eigenvalue weighted by Gasteiger charge is -2.48. The molecule has 0 radical (unpaired) electrons. The standard InChI is InChI=1S/C38H46Cl2N4O5S/c1-6-49-33-25-28(36(2,3)46)11-16-32(33)34-41-37(4,26-7-12-29(39)13-8-26)38(5,27-9-14-30(40)15-10-27)44(34)35(45)43-21-19-42(20-22-43)31-17-23-50(47,48)24-18-31/h7-16,25,31,46H,6,17-24H2,1-5H3/t37-,38+/m0/s1. The molecule has 3 aromatic carbocycles. The van der Waals surface area contributed by atoms with Crippen LogP contribution in [0.15, 0.2) is 71.7 Å². The third-order valence-electron chi connectivity index (χ3n) is 10.8. The van der Waals surface area contributed by atoms with Gasteiger partial charge < -0.3 is 14.7 Å². The largest absolute Gasteiger partial charge is 0.493 e. The summed E-state index contributed by atoms with van der Waals surface area (Å²) in [6.45, 7) is 12.1. The number of benzene rings is 3. The van der Waals surface area contributed by atoms with Gasteiger partial charge in [0.25, 0.3) is 0 Å². The second-order valence-corrected chi connectivity index (χ2v) is 17.5. The van der Waals surface area contributed by atoms with Gasteiger partial charge in [-0.2, -0.15) is 0 Å². The maximum Gasteiger partial charge on any atom is 0.326 e. The molecule has 0 aromatic heterocycles. The highest BCUT2D eigenvalue weighted by Crippen LogP contribution is 2.54. The Morgan fingerprint density at radius 2 is 1.48 bits per heavy atom. The zero-order chi connectivity index (χ0) is 36.1. The van der Waals surface area contributed by atoms with E-state index < -0.39 is 26.5 Å². The van der Waals surface area contributed by atoms with Crippen molar-refractivity contribution in [2.24, 2.45) is 4.99 Å². The Hall–Kier alpha value is -3.15. The average Bonchev–Trinajstić information content (AvgIpc) is 3.32. The number of aliphatic hydroxyl groups is 1. The zero-order valence-corrected chi connectivity index (χ0v) is 31.7. The quantitative estimate of drug-likeness (QED) is 0.285. The van der Waals surface area contributed by atoms with Crippen LogP contribution in [-0.4, -0.2) is 90.4 Å². The molecule has 268 valence electrons. The van der Waals surface area contributed by atoms with Crippen LogP contribution in [0.2, 0.25) is 10.0 Å². The summed E-state index contributed by atoms with van der Waals surface area (Å²) in [4.78, 5) is 26.7. The molecule has 12 heteroatoms. The number of hydrogen-bond acceptors (Lipinski definition) is 7. The van der Waals surface area contributed by atoms with Crippen molar-refractivity contribution in [2.75, 3.05) is 44.3 Å². The lowest BCUT2D eigenvalue weighted by atomic mass is 9.71. The van der Waals surface area contributed by atoms with Crippen LogP contribution in [0.5, 0.6) is 5.75 Å². The number of ether oxygens (including phenoxy) is 1. The molecule has 9 nitrogen and oxygen atoms in total. The molecule has 2 fully saturated rings. The summed E-state index contributed by atoms with van der Waals surface area (Å²) in [5.74, 6) is 1.39. The van der Waals surface area contributed by atoms with E-state index in [1.807, 2.05) is 97.3 Å². The van der Waals surface area contributed by atoms with Crippen molar-refractivity contribution in [1.29, 1.82) is 0 Å². The van der Waals surface area contributed by atoms with Crippen LogP contribution in [0.4, 0.5) is 4.79 Å². The Labute approximate surface area is 305 Å². The molecule has 0 spiro atoms. The first-order valence-corrected chi connectivity index (χ1v) is 19.8. The first-order chi connectivity index (χ1) is 23.6. The molecule has 2 saturated heterocycles. The number of halogens is 2. The minimum Gasteiger partial charge on any atom is -0.493 e. The number of piperazine rings is 1. The molecule has 50 heavy (non-hydrogen) atoms. The van der Waals surface area contributed by atoms with Crippen LogP contribution in [0.1, 0.15) is 69.7 Å². The Morgan fingerprint density at radius 3 is 2.02 bits per heavy atom. The van der Waals surface area contributed by atoms with Crippen LogP contribution in [0, 0.1) is 0 Å². The normalized spacial score (nSPS) is 24.7. The number of amides is 2. The Balaban J connectivity index is 1.47. The third-order valence-corrected chi connectivity index (χ3v) is 13.0. The van der Waals surface area contributed by atoms with E-state index in [9.17, 15) is 13.5 Å². The lowest BCUT2D eigenvalue weighted by Crippen LogP contribution is -2.61. The fraction of sp³-hybridized carbons (Fsp3) is 0.474. The van der Waals surface area contributed by atoms with Crippen molar-refractivity contribution in [2.45, 2.75) is 70.2 Å². The van der Waals surface area contributed by atoms with E-state index in [0.29, 0.717) is 78.4 Å². The van der Waals surface area contributed by atoms with E-state index in [-0.39, 0.29) is 23.6 Å². The number of sulfone groups is 1. The highest BCUT2D eigenvalue weighted by atomic mass is 35.5. The van der Waals surface area contributed by atoms with Gasteiger partial charge in [0.2, 0.25) is 0 Å².